The predicted octanol–water partition coefficient (Wildman–Crippen LogP) is 3.09. The van der Waals surface area contributed by atoms with Crippen molar-refractivity contribution < 1.29 is 14.5 Å². The number of nitro groups is 1. The first-order valence-electron chi connectivity index (χ1n) is 7.01. The van der Waals surface area contributed by atoms with Crippen LogP contribution in [0.4, 0.5) is 5.69 Å². The molecule has 0 aliphatic rings. The number of hydrogen-bond donors (Lipinski definition) is 0. The van der Waals surface area contributed by atoms with E-state index < -0.39 is 10.9 Å². The second-order valence-corrected chi connectivity index (χ2v) is 4.76. The van der Waals surface area contributed by atoms with Gasteiger partial charge < -0.3 is 4.74 Å². The van der Waals surface area contributed by atoms with Gasteiger partial charge in [0.1, 0.15) is 11.3 Å². The number of hydrogen-bond acceptors (Lipinski definition) is 5. The zero-order chi connectivity index (χ0) is 16.4. The van der Waals surface area contributed by atoms with E-state index in [1.54, 1.807) is 41.8 Å². The van der Waals surface area contributed by atoms with Gasteiger partial charge in [-0.3, -0.25) is 14.5 Å². The molecule has 0 saturated carbocycles. The van der Waals surface area contributed by atoms with Crippen LogP contribution in [0.25, 0.3) is 16.9 Å². The Balaban J connectivity index is 2.17. The zero-order valence-corrected chi connectivity index (χ0v) is 12.3. The van der Waals surface area contributed by atoms with Gasteiger partial charge in [0.15, 0.2) is 5.69 Å². The van der Waals surface area contributed by atoms with Crippen molar-refractivity contribution in [1.82, 2.24) is 9.38 Å². The number of benzene rings is 1. The number of nitro benzene ring substituents is 1. The molecular weight excluding hydrogens is 298 g/mol. The lowest BCUT2D eigenvalue weighted by atomic mass is 10.1. The summed E-state index contributed by atoms with van der Waals surface area (Å²) in [5.74, 6) is -0.487. The summed E-state index contributed by atoms with van der Waals surface area (Å²) >= 11 is 0. The van der Waals surface area contributed by atoms with E-state index in [0.717, 1.165) is 0 Å². The molecule has 0 N–H and O–H groups in total. The van der Waals surface area contributed by atoms with Crippen LogP contribution in [0.15, 0.2) is 48.7 Å². The highest BCUT2D eigenvalue weighted by Crippen LogP contribution is 2.27. The summed E-state index contributed by atoms with van der Waals surface area (Å²) in [5, 5.41) is 10.8. The Kier molecular flexibility index (Phi) is 3.76. The summed E-state index contributed by atoms with van der Waals surface area (Å²) in [7, 11) is 0. The van der Waals surface area contributed by atoms with E-state index in [2.05, 4.69) is 4.98 Å². The third-order valence-corrected chi connectivity index (χ3v) is 3.35. The van der Waals surface area contributed by atoms with Crippen molar-refractivity contribution in [1.29, 1.82) is 0 Å². The fourth-order valence-electron chi connectivity index (χ4n) is 2.33. The maximum atomic E-state index is 12.3. The van der Waals surface area contributed by atoms with Crippen LogP contribution >= 0.6 is 0 Å². The van der Waals surface area contributed by atoms with Gasteiger partial charge in [0.05, 0.1) is 11.5 Å². The molecule has 7 heteroatoms. The van der Waals surface area contributed by atoms with Crippen LogP contribution in [0.1, 0.15) is 17.4 Å². The molecule has 0 radical (unpaired) electrons. The van der Waals surface area contributed by atoms with Gasteiger partial charge in [-0.25, -0.2) is 9.78 Å². The van der Waals surface area contributed by atoms with Gasteiger partial charge in [0.25, 0.3) is 5.69 Å². The van der Waals surface area contributed by atoms with Crippen molar-refractivity contribution in [3.8, 4) is 11.3 Å². The Morgan fingerprint density at radius 2 is 2.00 bits per heavy atom. The molecule has 3 rings (SSSR count). The highest BCUT2D eigenvalue weighted by atomic mass is 16.6. The molecule has 0 spiro atoms. The quantitative estimate of drug-likeness (QED) is 0.420. The standard InChI is InChI=1S/C16H13N3O4/c1-2-23-16(20)15-14(17-13-5-3-4-10-18(13)15)11-6-8-12(9-7-11)19(21)22/h3-10H,2H2,1H3. The summed E-state index contributed by atoms with van der Waals surface area (Å²) in [4.78, 5) is 27.0. The number of imidazole rings is 1. The van der Waals surface area contributed by atoms with Crippen molar-refractivity contribution >= 4 is 17.3 Å². The van der Waals surface area contributed by atoms with Gasteiger partial charge in [0, 0.05) is 23.9 Å². The average molecular weight is 311 g/mol. The fraction of sp³-hybridized carbons (Fsp3) is 0.125. The minimum absolute atomic E-state index is 0.0183. The number of esters is 1. The molecule has 7 nitrogen and oxygen atoms in total. The number of nitrogens with zero attached hydrogens (tertiary/aromatic N) is 3. The minimum Gasteiger partial charge on any atom is -0.461 e. The number of non-ortho nitro benzene ring substituents is 1. The Morgan fingerprint density at radius 1 is 1.26 bits per heavy atom. The third kappa shape index (κ3) is 2.64. The molecule has 0 unspecified atom stereocenters. The molecule has 116 valence electrons. The average Bonchev–Trinajstić information content (AvgIpc) is 2.94. The lowest BCUT2D eigenvalue weighted by Crippen LogP contribution is -2.09. The van der Waals surface area contributed by atoms with Gasteiger partial charge in [-0.2, -0.15) is 0 Å². The minimum atomic E-state index is -0.487. The summed E-state index contributed by atoms with van der Waals surface area (Å²) in [6.07, 6.45) is 1.73. The van der Waals surface area contributed by atoms with E-state index in [1.807, 2.05) is 6.07 Å². The van der Waals surface area contributed by atoms with Crippen molar-refractivity contribution in [2.45, 2.75) is 6.92 Å². The molecular formula is C16H13N3O4. The largest absolute Gasteiger partial charge is 0.461 e. The lowest BCUT2D eigenvalue weighted by molar-refractivity contribution is -0.384. The number of ether oxygens (including phenoxy) is 1. The molecule has 0 atom stereocenters. The molecule has 2 heterocycles. The summed E-state index contributed by atoms with van der Waals surface area (Å²) < 4.78 is 6.76. The maximum absolute atomic E-state index is 12.3. The molecule has 0 amide bonds. The van der Waals surface area contributed by atoms with Crippen LogP contribution in [0, 0.1) is 10.1 Å². The number of aromatic nitrogens is 2. The molecule has 23 heavy (non-hydrogen) atoms. The van der Waals surface area contributed by atoms with E-state index in [4.69, 9.17) is 4.74 Å². The summed E-state index contributed by atoms with van der Waals surface area (Å²) in [6, 6.07) is 11.3. The van der Waals surface area contributed by atoms with Crippen LogP contribution in [-0.2, 0) is 4.74 Å². The topological polar surface area (TPSA) is 86.7 Å². The number of pyridine rings is 1. The number of fused-ring (bicyclic) bond motifs is 1. The molecule has 1 aromatic carbocycles. The normalized spacial score (nSPS) is 10.7. The second kappa shape index (κ2) is 5.88. The summed E-state index contributed by atoms with van der Waals surface area (Å²) in [6.45, 7) is 1.98. The van der Waals surface area contributed by atoms with E-state index in [-0.39, 0.29) is 12.3 Å². The molecule has 3 aromatic rings. The van der Waals surface area contributed by atoms with Gasteiger partial charge >= 0.3 is 5.97 Å². The lowest BCUT2D eigenvalue weighted by Gasteiger charge is -2.04. The Bertz CT molecular complexity index is 884. The van der Waals surface area contributed by atoms with Crippen LogP contribution < -0.4 is 0 Å². The molecule has 0 fully saturated rings. The van der Waals surface area contributed by atoms with Crippen molar-refractivity contribution in [2.24, 2.45) is 0 Å². The Morgan fingerprint density at radius 3 is 2.65 bits per heavy atom. The first-order chi connectivity index (χ1) is 11.1. The first kappa shape index (κ1) is 14.7. The summed E-state index contributed by atoms with van der Waals surface area (Å²) in [5.41, 5.74) is 1.93. The highest BCUT2D eigenvalue weighted by molar-refractivity contribution is 5.96. The van der Waals surface area contributed by atoms with E-state index in [0.29, 0.717) is 22.6 Å². The van der Waals surface area contributed by atoms with Crippen molar-refractivity contribution in [3.63, 3.8) is 0 Å². The molecule has 0 saturated heterocycles. The Labute approximate surface area is 131 Å². The monoisotopic (exact) mass is 311 g/mol. The zero-order valence-electron chi connectivity index (χ0n) is 12.3. The molecule has 2 aromatic heterocycles. The van der Waals surface area contributed by atoms with Crippen LogP contribution in [0.3, 0.4) is 0 Å². The fourth-order valence-corrected chi connectivity index (χ4v) is 2.33. The number of carbonyl (C=O) groups excluding carboxylic acids is 1. The van der Waals surface area contributed by atoms with Crippen LogP contribution in [0.2, 0.25) is 0 Å². The van der Waals surface area contributed by atoms with Crippen molar-refractivity contribution in [2.75, 3.05) is 6.61 Å². The number of rotatable bonds is 4. The molecule has 0 aliphatic carbocycles. The smallest absolute Gasteiger partial charge is 0.357 e. The second-order valence-electron chi connectivity index (χ2n) is 4.76. The van der Waals surface area contributed by atoms with Gasteiger partial charge in [-0.1, -0.05) is 6.07 Å². The SMILES string of the molecule is CCOC(=O)c1c(-c2ccc([N+](=O)[O-])cc2)nc2ccccn12. The first-order valence-corrected chi connectivity index (χ1v) is 7.01. The molecule has 0 bridgehead atoms. The van der Waals surface area contributed by atoms with Gasteiger partial charge in [-0.05, 0) is 31.2 Å². The Hall–Kier alpha value is -3.22. The van der Waals surface area contributed by atoms with Crippen LogP contribution in [-0.4, -0.2) is 26.9 Å². The predicted molar refractivity (Wildman–Crippen MR) is 83.2 cm³/mol. The van der Waals surface area contributed by atoms with E-state index >= 15 is 0 Å². The van der Waals surface area contributed by atoms with E-state index in [1.165, 1.54) is 12.1 Å². The van der Waals surface area contributed by atoms with Crippen LogP contribution in [0.5, 0.6) is 0 Å². The molecule has 0 aliphatic heterocycles. The van der Waals surface area contributed by atoms with E-state index in [9.17, 15) is 14.9 Å². The maximum Gasteiger partial charge on any atom is 0.357 e. The third-order valence-electron chi connectivity index (χ3n) is 3.35. The van der Waals surface area contributed by atoms with Gasteiger partial charge in [-0.15, -0.1) is 0 Å². The van der Waals surface area contributed by atoms with Gasteiger partial charge in [0.2, 0.25) is 0 Å². The van der Waals surface area contributed by atoms with Crippen molar-refractivity contribution in [3.05, 3.63) is 64.5 Å². The highest BCUT2D eigenvalue weighted by Gasteiger charge is 2.21. The number of carbonyl (C=O) groups is 1.